The molecule has 5 heteroatoms. The Bertz CT molecular complexity index is 694. The maximum atomic E-state index is 12.7. The van der Waals surface area contributed by atoms with E-state index in [1.807, 2.05) is 13.1 Å². The molecular formula is C18H18F3NO. The molecule has 0 amide bonds. The summed E-state index contributed by atoms with van der Waals surface area (Å²) in [4.78, 5) is 2.17. The highest BCUT2D eigenvalue weighted by Crippen LogP contribution is 2.35. The Morgan fingerprint density at radius 3 is 2.43 bits per heavy atom. The first-order valence-electron chi connectivity index (χ1n) is 7.52. The zero-order valence-corrected chi connectivity index (χ0v) is 12.8. The molecule has 3 rings (SSSR count). The highest BCUT2D eigenvalue weighted by molar-refractivity contribution is 5.44. The number of likely N-dealkylation sites (N-methyl/N-ethyl adjacent to an activating group) is 1. The van der Waals surface area contributed by atoms with E-state index in [-0.39, 0.29) is 11.7 Å². The smallest absolute Gasteiger partial charge is 0.416 e. The summed E-state index contributed by atoms with van der Waals surface area (Å²) in [6.45, 7) is 1.59. The molecule has 1 unspecified atom stereocenters. The van der Waals surface area contributed by atoms with Gasteiger partial charge in [0.2, 0.25) is 0 Å². The number of rotatable bonds is 1. The molecule has 23 heavy (non-hydrogen) atoms. The van der Waals surface area contributed by atoms with Gasteiger partial charge in [-0.3, -0.25) is 0 Å². The quantitative estimate of drug-likeness (QED) is 0.857. The van der Waals surface area contributed by atoms with Crippen molar-refractivity contribution in [3.63, 3.8) is 0 Å². The largest absolute Gasteiger partial charge is 0.508 e. The molecule has 0 aromatic heterocycles. The van der Waals surface area contributed by atoms with E-state index < -0.39 is 11.7 Å². The summed E-state index contributed by atoms with van der Waals surface area (Å²) in [5.41, 5.74) is 2.32. The van der Waals surface area contributed by atoms with E-state index in [1.54, 1.807) is 24.3 Å². The maximum absolute atomic E-state index is 12.7. The van der Waals surface area contributed by atoms with Crippen LogP contribution in [0.5, 0.6) is 5.75 Å². The second-order valence-electron chi connectivity index (χ2n) is 6.07. The van der Waals surface area contributed by atoms with E-state index in [1.165, 1.54) is 0 Å². The van der Waals surface area contributed by atoms with Crippen LogP contribution < -0.4 is 0 Å². The molecule has 0 spiro atoms. The van der Waals surface area contributed by atoms with E-state index in [2.05, 4.69) is 4.90 Å². The Balaban J connectivity index is 2.02. The van der Waals surface area contributed by atoms with Crippen molar-refractivity contribution in [2.24, 2.45) is 0 Å². The number of phenols is 1. The zero-order chi connectivity index (χ0) is 16.6. The number of hydrogen-bond acceptors (Lipinski definition) is 2. The average Bonchev–Trinajstić information content (AvgIpc) is 2.66. The van der Waals surface area contributed by atoms with Crippen molar-refractivity contribution in [3.8, 4) is 5.75 Å². The van der Waals surface area contributed by atoms with Crippen LogP contribution >= 0.6 is 0 Å². The summed E-state index contributed by atoms with van der Waals surface area (Å²) in [6, 6.07) is 10.6. The molecule has 0 aliphatic carbocycles. The standard InChI is InChI=1S/C18H18F3NO/c1-22-9-8-13-4-7-15(23)10-16(13)17(11-22)12-2-5-14(6-3-12)18(19,20)21/h2-7,10,17,23H,8-9,11H2,1H3. The highest BCUT2D eigenvalue weighted by Gasteiger charge is 2.31. The lowest BCUT2D eigenvalue weighted by Crippen LogP contribution is -2.24. The van der Waals surface area contributed by atoms with E-state index in [0.29, 0.717) is 6.54 Å². The molecule has 1 heterocycles. The molecule has 0 saturated carbocycles. The Kier molecular flexibility index (Phi) is 4.06. The maximum Gasteiger partial charge on any atom is 0.416 e. The van der Waals surface area contributed by atoms with E-state index >= 15 is 0 Å². The van der Waals surface area contributed by atoms with Gasteiger partial charge in [-0.1, -0.05) is 18.2 Å². The van der Waals surface area contributed by atoms with Crippen LogP contribution in [0.3, 0.4) is 0 Å². The van der Waals surface area contributed by atoms with Gasteiger partial charge in [-0.05, 0) is 54.4 Å². The molecule has 0 fully saturated rings. The summed E-state index contributed by atoms with van der Waals surface area (Å²) in [6.07, 6.45) is -3.46. The average molecular weight is 321 g/mol. The van der Waals surface area contributed by atoms with E-state index in [9.17, 15) is 18.3 Å². The van der Waals surface area contributed by atoms with Crippen LogP contribution in [0.15, 0.2) is 42.5 Å². The monoisotopic (exact) mass is 321 g/mol. The Hall–Kier alpha value is -2.01. The Labute approximate surface area is 133 Å². The summed E-state index contributed by atoms with van der Waals surface area (Å²) >= 11 is 0. The molecule has 0 radical (unpaired) electrons. The van der Waals surface area contributed by atoms with Crippen LogP contribution in [0.25, 0.3) is 0 Å². The number of nitrogens with zero attached hydrogens (tertiary/aromatic N) is 1. The van der Waals surface area contributed by atoms with E-state index in [4.69, 9.17) is 0 Å². The van der Waals surface area contributed by atoms with Gasteiger partial charge in [0.25, 0.3) is 0 Å². The number of aromatic hydroxyl groups is 1. The second-order valence-corrected chi connectivity index (χ2v) is 6.07. The molecule has 0 saturated heterocycles. The first kappa shape index (κ1) is 15.9. The van der Waals surface area contributed by atoms with Gasteiger partial charge < -0.3 is 10.0 Å². The van der Waals surface area contributed by atoms with Crippen molar-refractivity contribution < 1.29 is 18.3 Å². The molecule has 1 N–H and O–H groups in total. The van der Waals surface area contributed by atoms with Crippen LogP contribution in [0.2, 0.25) is 0 Å². The van der Waals surface area contributed by atoms with Crippen LogP contribution in [0, 0.1) is 0 Å². The lowest BCUT2D eigenvalue weighted by Gasteiger charge is -2.22. The van der Waals surface area contributed by atoms with Crippen molar-refractivity contribution in [2.75, 3.05) is 20.1 Å². The predicted octanol–water partition coefficient (Wildman–Crippen LogP) is 4.03. The molecule has 122 valence electrons. The number of fused-ring (bicyclic) bond motifs is 1. The van der Waals surface area contributed by atoms with Gasteiger partial charge >= 0.3 is 6.18 Å². The third-order valence-electron chi connectivity index (χ3n) is 4.40. The second kappa shape index (κ2) is 5.89. The molecule has 1 aliphatic rings. The topological polar surface area (TPSA) is 23.5 Å². The zero-order valence-electron chi connectivity index (χ0n) is 12.8. The molecule has 2 aromatic rings. The van der Waals surface area contributed by atoms with Crippen LogP contribution in [-0.4, -0.2) is 30.1 Å². The summed E-state index contributed by atoms with van der Waals surface area (Å²) in [5, 5.41) is 9.80. The van der Waals surface area contributed by atoms with Crippen molar-refractivity contribution in [1.82, 2.24) is 4.90 Å². The molecule has 2 nitrogen and oxygen atoms in total. The van der Waals surface area contributed by atoms with Gasteiger partial charge in [0.05, 0.1) is 5.56 Å². The van der Waals surface area contributed by atoms with Crippen molar-refractivity contribution >= 4 is 0 Å². The Morgan fingerprint density at radius 2 is 1.78 bits per heavy atom. The fraction of sp³-hybridized carbons (Fsp3) is 0.333. The molecule has 1 atom stereocenters. The normalized spacial score (nSPS) is 19.2. The van der Waals surface area contributed by atoms with Gasteiger partial charge in [0.15, 0.2) is 0 Å². The van der Waals surface area contributed by atoms with Crippen LogP contribution in [0.4, 0.5) is 13.2 Å². The fourth-order valence-corrected chi connectivity index (χ4v) is 3.14. The lowest BCUT2D eigenvalue weighted by atomic mass is 9.87. The van der Waals surface area contributed by atoms with Crippen molar-refractivity contribution in [1.29, 1.82) is 0 Å². The summed E-state index contributed by atoms with van der Waals surface area (Å²) in [5.74, 6) is 0.136. The van der Waals surface area contributed by atoms with Crippen LogP contribution in [-0.2, 0) is 12.6 Å². The first-order valence-corrected chi connectivity index (χ1v) is 7.52. The lowest BCUT2D eigenvalue weighted by molar-refractivity contribution is -0.137. The van der Waals surface area contributed by atoms with Gasteiger partial charge in [0, 0.05) is 19.0 Å². The van der Waals surface area contributed by atoms with Gasteiger partial charge in [-0.15, -0.1) is 0 Å². The number of phenolic OH excluding ortho intramolecular Hbond substituents is 1. The minimum absolute atomic E-state index is 0.0492. The van der Waals surface area contributed by atoms with Gasteiger partial charge in [-0.2, -0.15) is 13.2 Å². The Morgan fingerprint density at radius 1 is 1.09 bits per heavy atom. The summed E-state index contributed by atoms with van der Waals surface area (Å²) in [7, 11) is 2.00. The van der Waals surface area contributed by atoms with Gasteiger partial charge in [0.1, 0.15) is 5.75 Å². The molecule has 2 aromatic carbocycles. The first-order chi connectivity index (χ1) is 10.8. The third-order valence-corrected chi connectivity index (χ3v) is 4.40. The van der Waals surface area contributed by atoms with Crippen LogP contribution in [0.1, 0.15) is 28.2 Å². The number of hydrogen-bond donors (Lipinski definition) is 1. The highest BCUT2D eigenvalue weighted by atomic mass is 19.4. The summed E-state index contributed by atoms with van der Waals surface area (Å²) < 4.78 is 38.2. The third kappa shape index (κ3) is 3.34. The minimum Gasteiger partial charge on any atom is -0.508 e. The number of halogens is 3. The molecule has 1 aliphatic heterocycles. The fourth-order valence-electron chi connectivity index (χ4n) is 3.14. The molecular weight excluding hydrogens is 303 g/mol. The minimum atomic E-state index is -4.32. The van der Waals surface area contributed by atoms with Crippen molar-refractivity contribution in [2.45, 2.75) is 18.5 Å². The number of alkyl halides is 3. The van der Waals surface area contributed by atoms with Gasteiger partial charge in [-0.25, -0.2) is 0 Å². The van der Waals surface area contributed by atoms with E-state index in [0.717, 1.165) is 41.8 Å². The SMILES string of the molecule is CN1CCc2ccc(O)cc2C(c2ccc(C(F)(F)F)cc2)C1. The number of benzene rings is 2. The predicted molar refractivity (Wildman–Crippen MR) is 82.6 cm³/mol. The van der Waals surface area contributed by atoms with Crippen molar-refractivity contribution in [3.05, 3.63) is 64.7 Å². The molecule has 0 bridgehead atoms.